The lowest BCUT2D eigenvalue weighted by Gasteiger charge is -2.24. The molecule has 0 aromatic heterocycles. The van der Waals surface area contributed by atoms with Crippen molar-refractivity contribution in [2.24, 2.45) is 0 Å². The molecule has 196 valence electrons. The number of rotatable bonds is 10. The molecule has 2 aromatic rings. The predicted octanol–water partition coefficient (Wildman–Crippen LogP) is 6.25. The van der Waals surface area contributed by atoms with Crippen LogP contribution < -0.4 is 4.72 Å². The number of nitrogens with one attached hydrogen (secondary N) is 1. The number of anilines is 1. The minimum Gasteiger partial charge on any atom is -0.505 e. The minimum atomic E-state index is -4.13. The molecule has 0 atom stereocenters. The number of phenols is 1. The van der Waals surface area contributed by atoms with E-state index in [0.717, 1.165) is 15.9 Å². The molecule has 2 N–H and O–H groups in total. The second-order valence-corrected chi connectivity index (χ2v) is 13.4. The fraction of sp³-hybridized carbons (Fsp3) is 0.520. The summed E-state index contributed by atoms with van der Waals surface area (Å²) in [6, 6.07) is 6.17. The van der Waals surface area contributed by atoms with Crippen molar-refractivity contribution >= 4 is 37.3 Å². The van der Waals surface area contributed by atoms with Gasteiger partial charge in [0.15, 0.2) is 5.75 Å². The van der Waals surface area contributed by atoms with Gasteiger partial charge in [0.1, 0.15) is 4.90 Å². The molecule has 0 bridgehead atoms. The van der Waals surface area contributed by atoms with Crippen molar-refractivity contribution in [1.82, 2.24) is 4.31 Å². The van der Waals surface area contributed by atoms with Crippen LogP contribution in [0.2, 0.25) is 5.02 Å². The van der Waals surface area contributed by atoms with Crippen LogP contribution in [0.3, 0.4) is 0 Å². The molecule has 0 fully saturated rings. The van der Waals surface area contributed by atoms with Gasteiger partial charge < -0.3 is 5.11 Å². The first kappa shape index (κ1) is 29.4. The molecule has 10 heteroatoms. The highest BCUT2D eigenvalue weighted by atomic mass is 35.5. The zero-order valence-electron chi connectivity index (χ0n) is 21.7. The number of sulfonamides is 2. The summed E-state index contributed by atoms with van der Waals surface area (Å²) in [6.45, 7) is 15.6. The van der Waals surface area contributed by atoms with Crippen LogP contribution in [0, 0.1) is 0 Å². The first-order chi connectivity index (χ1) is 16.1. The Balaban J connectivity index is 2.75. The summed E-state index contributed by atoms with van der Waals surface area (Å²) in [6.07, 6.45) is 0. The minimum absolute atomic E-state index is 0.0455. The topological polar surface area (TPSA) is 104 Å². The number of nitrogens with zero attached hydrogens (tertiary/aromatic N) is 1. The zero-order valence-corrected chi connectivity index (χ0v) is 24.1. The summed E-state index contributed by atoms with van der Waals surface area (Å²) >= 11 is 6.14. The van der Waals surface area contributed by atoms with Gasteiger partial charge in [0.25, 0.3) is 10.0 Å². The fourth-order valence-corrected chi connectivity index (χ4v) is 7.54. The average Bonchev–Trinajstić information content (AvgIpc) is 2.75. The highest BCUT2D eigenvalue weighted by Gasteiger charge is 2.30. The molecule has 2 rings (SSSR count). The molecule has 0 aliphatic carbocycles. The Kier molecular flexibility index (Phi) is 9.30. The van der Waals surface area contributed by atoms with Crippen molar-refractivity contribution < 1.29 is 21.9 Å². The monoisotopic (exact) mass is 544 g/mol. The van der Waals surface area contributed by atoms with Crippen LogP contribution in [0.25, 0.3) is 0 Å². The van der Waals surface area contributed by atoms with Crippen molar-refractivity contribution in [3.05, 3.63) is 46.0 Å². The number of phenolic OH excluding ortho intramolecular Hbond substituents is 1. The third-order valence-corrected chi connectivity index (χ3v) is 9.82. The van der Waals surface area contributed by atoms with Crippen LogP contribution in [-0.2, 0) is 20.0 Å². The van der Waals surface area contributed by atoms with Crippen molar-refractivity contribution in [1.29, 1.82) is 0 Å². The molecule has 0 spiro atoms. The van der Waals surface area contributed by atoms with E-state index in [9.17, 15) is 21.9 Å². The van der Waals surface area contributed by atoms with Crippen LogP contribution >= 0.6 is 11.6 Å². The van der Waals surface area contributed by atoms with Crippen LogP contribution in [-0.4, -0.2) is 39.3 Å². The number of hydrogen-bond donors (Lipinski definition) is 2. The lowest BCUT2D eigenvalue weighted by atomic mass is 9.89. The largest absolute Gasteiger partial charge is 0.505 e. The summed E-state index contributed by atoms with van der Waals surface area (Å²) in [5, 5.41) is 10.1. The van der Waals surface area contributed by atoms with Crippen molar-refractivity contribution in [3.63, 3.8) is 0 Å². The summed E-state index contributed by atoms with van der Waals surface area (Å²) in [5.41, 5.74) is 2.38. The Morgan fingerprint density at radius 3 is 1.74 bits per heavy atom. The molecule has 0 amide bonds. The fourth-order valence-electron chi connectivity index (χ4n) is 3.94. The molecular formula is C25H37ClN2O5S2. The SMILES string of the molecule is CCN(CC)S(=O)(=O)c1cc(NS(=O)(=O)c2c(C(C)C)cc(C(C)C)cc2C(C)C)cc(Cl)c1O. The van der Waals surface area contributed by atoms with Gasteiger partial charge in [-0.05, 0) is 46.6 Å². The molecule has 0 aliphatic heterocycles. The summed E-state index contributed by atoms with van der Waals surface area (Å²) < 4.78 is 57.4. The molecular weight excluding hydrogens is 508 g/mol. The van der Waals surface area contributed by atoms with E-state index in [1.165, 1.54) is 6.07 Å². The van der Waals surface area contributed by atoms with E-state index in [-0.39, 0.29) is 46.4 Å². The average molecular weight is 545 g/mol. The Hall–Kier alpha value is -1.81. The zero-order chi connectivity index (χ0) is 26.9. The Labute approximate surface area is 215 Å². The molecule has 0 saturated carbocycles. The standard InChI is InChI=1S/C25H37ClN2O5S2/c1-9-28(10-2)35(32,33)23-14-19(13-22(26)24(23)29)27-34(30,31)25-20(16(5)6)11-18(15(3)4)12-21(25)17(7)8/h11-17,27,29H,9-10H2,1-8H3. The highest BCUT2D eigenvalue weighted by molar-refractivity contribution is 7.92. The molecule has 0 unspecified atom stereocenters. The van der Waals surface area contributed by atoms with Gasteiger partial charge >= 0.3 is 0 Å². The van der Waals surface area contributed by atoms with Gasteiger partial charge in [-0.3, -0.25) is 4.72 Å². The maximum Gasteiger partial charge on any atom is 0.262 e. The maximum atomic E-state index is 13.8. The Morgan fingerprint density at radius 1 is 0.857 bits per heavy atom. The van der Waals surface area contributed by atoms with Crippen LogP contribution in [0.5, 0.6) is 5.75 Å². The van der Waals surface area contributed by atoms with Crippen LogP contribution in [0.4, 0.5) is 5.69 Å². The number of aromatic hydroxyl groups is 1. The summed E-state index contributed by atoms with van der Waals surface area (Å²) in [5.74, 6) is -0.536. The van der Waals surface area contributed by atoms with Crippen LogP contribution in [0.15, 0.2) is 34.1 Å². The van der Waals surface area contributed by atoms with Gasteiger partial charge in [-0.1, -0.05) is 79.1 Å². The molecule has 0 heterocycles. The van der Waals surface area contributed by atoms with E-state index < -0.39 is 30.7 Å². The normalized spacial score (nSPS) is 12.8. The third kappa shape index (κ3) is 6.13. The number of hydrogen-bond acceptors (Lipinski definition) is 5. The van der Waals surface area contributed by atoms with E-state index in [2.05, 4.69) is 18.6 Å². The predicted molar refractivity (Wildman–Crippen MR) is 143 cm³/mol. The van der Waals surface area contributed by atoms with Crippen molar-refractivity contribution in [2.45, 2.75) is 82.9 Å². The Morgan fingerprint density at radius 2 is 1.34 bits per heavy atom. The molecule has 2 aromatic carbocycles. The smallest absolute Gasteiger partial charge is 0.262 e. The van der Waals surface area contributed by atoms with Gasteiger partial charge in [0.2, 0.25) is 10.0 Å². The lowest BCUT2D eigenvalue weighted by molar-refractivity contribution is 0.429. The molecule has 0 aliphatic rings. The van der Waals surface area contributed by atoms with E-state index >= 15 is 0 Å². The van der Waals surface area contributed by atoms with E-state index in [4.69, 9.17) is 11.6 Å². The van der Waals surface area contributed by atoms with E-state index in [1.807, 2.05) is 39.8 Å². The molecule has 35 heavy (non-hydrogen) atoms. The van der Waals surface area contributed by atoms with Gasteiger partial charge in [-0.25, -0.2) is 16.8 Å². The van der Waals surface area contributed by atoms with Crippen molar-refractivity contribution in [3.8, 4) is 5.75 Å². The van der Waals surface area contributed by atoms with Gasteiger partial charge in [0, 0.05) is 13.1 Å². The molecule has 7 nitrogen and oxygen atoms in total. The summed E-state index contributed by atoms with van der Waals surface area (Å²) in [7, 11) is -8.22. The second-order valence-electron chi connectivity index (χ2n) is 9.49. The highest BCUT2D eigenvalue weighted by Crippen LogP contribution is 2.39. The first-order valence-electron chi connectivity index (χ1n) is 11.8. The third-order valence-electron chi connectivity index (χ3n) is 5.95. The Bertz CT molecular complexity index is 1250. The lowest BCUT2D eigenvalue weighted by Crippen LogP contribution is -2.30. The number of benzene rings is 2. The van der Waals surface area contributed by atoms with E-state index in [1.54, 1.807) is 13.8 Å². The van der Waals surface area contributed by atoms with Gasteiger partial charge in [0.05, 0.1) is 15.6 Å². The van der Waals surface area contributed by atoms with Crippen LogP contribution in [0.1, 0.15) is 89.8 Å². The second kappa shape index (κ2) is 11.1. The van der Waals surface area contributed by atoms with Crippen molar-refractivity contribution in [2.75, 3.05) is 17.8 Å². The van der Waals surface area contributed by atoms with Gasteiger partial charge in [-0.15, -0.1) is 0 Å². The van der Waals surface area contributed by atoms with E-state index in [0.29, 0.717) is 11.1 Å². The quantitative estimate of drug-likeness (QED) is 0.344. The number of halogens is 1. The van der Waals surface area contributed by atoms with Gasteiger partial charge in [-0.2, -0.15) is 4.31 Å². The maximum absolute atomic E-state index is 13.8. The molecule has 0 saturated heterocycles. The first-order valence-corrected chi connectivity index (χ1v) is 15.1. The molecule has 0 radical (unpaired) electrons. The summed E-state index contributed by atoms with van der Waals surface area (Å²) in [4.78, 5) is -0.265.